The van der Waals surface area contributed by atoms with Crippen molar-refractivity contribution in [3.05, 3.63) is 45.5 Å². The van der Waals surface area contributed by atoms with Crippen LogP contribution in [0.15, 0.2) is 29.6 Å². The van der Waals surface area contributed by atoms with E-state index in [0.717, 1.165) is 16.7 Å². The molecule has 9 heteroatoms. The van der Waals surface area contributed by atoms with Crippen LogP contribution in [0.25, 0.3) is 0 Å². The highest BCUT2D eigenvalue weighted by atomic mass is 32.1. The third-order valence-electron chi connectivity index (χ3n) is 2.10. The fraction of sp³-hybridized carbons (Fsp3) is 0.100. The van der Waals surface area contributed by atoms with E-state index in [1.165, 1.54) is 24.3 Å². The van der Waals surface area contributed by atoms with Crippen molar-refractivity contribution < 1.29 is 18.1 Å². The lowest BCUT2D eigenvalue weighted by atomic mass is 10.3. The molecule has 0 amide bonds. The van der Waals surface area contributed by atoms with E-state index in [-0.39, 0.29) is 10.8 Å². The Bertz CT molecular complexity index is 612. The molecule has 0 aliphatic carbocycles. The topological polar surface area (TPSA) is 68.1 Å². The molecule has 0 fully saturated rings. The normalized spacial score (nSPS) is 11.3. The number of nitrogens with one attached hydrogen (secondary N) is 1. The largest absolute Gasteiger partial charge is 0.434 e. The number of hydrogen-bond acceptors (Lipinski definition) is 5. The van der Waals surface area contributed by atoms with E-state index >= 15 is 0 Å². The molecule has 2 aromatic rings. The fourth-order valence-corrected chi connectivity index (χ4v) is 2.02. The van der Waals surface area contributed by atoms with Crippen LogP contribution in [0, 0.1) is 10.1 Å². The summed E-state index contributed by atoms with van der Waals surface area (Å²) in [4.78, 5) is 13.3. The first-order chi connectivity index (χ1) is 8.86. The summed E-state index contributed by atoms with van der Waals surface area (Å²) in [5.74, 6) is 0. The Morgan fingerprint density at radius 1 is 1.37 bits per heavy atom. The van der Waals surface area contributed by atoms with Crippen LogP contribution < -0.4 is 5.32 Å². The summed E-state index contributed by atoms with van der Waals surface area (Å²) in [6.45, 7) is 0. The van der Waals surface area contributed by atoms with Gasteiger partial charge in [-0.25, -0.2) is 4.98 Å². The molecule has 19 heavy (non-hydrogen) atoms. The Morgan fingerprint density at radius 3 is 2.68 bits per heavy atom. The Hall–Kier alpha value is -2.16. The number of benzene rings is 1. The average Bonchev–Trinajstić information content (AvgIpc) is 2.77. The molecule has 0 atom stereocenters. The number of anilines is 2. The monoisotopic (exact) mass is 289 g/mol. The molecule has 0 bridgehead atoms. The lowest BCUT2D eigenvalue weighted by Crippen LogP contribution is -2.05. The molecule has 0 aliphatic rings. The smallest absolute Gasteiger partial charge is 0.331 e. The SMILES string of the molecule is O=[N+]([O-])c1cccc(Nc2nc(C(F)(F)F)cs2)c1. The van der Waals surface area contributed by atoms with Gasteiger partial charge < -0.3 is 5.32 Å². The number of nitro benzene ring substituents is 1. The number of aromatic nitrogens is 1. The molecule has 1 N–H and O–H groups in total. The summed E-state index contributed by atoms with van der Waals surface area (Å²) in [7, 11) is 0. The molecule has 1 aromatic carbocycles. The van der Waals surface area contributed by atoms with Crippen LogP contribution >= 0.6 is 11.3 Å². The Kier molecular flexibility index (Phi) is 3.38. The van der Waals surface area contributed by atoms with Gasteiger partial charge in [-0.05, 0) is 6.07 Å². The molecule has 0 saturated carbocycles. The number of rotatable bonds is 3. The Morgan fingerprint density at radius 2 is 2.11 bits per heavy atom. The van der Waals surface area contributed by atoms with E-state index < -0.39 is 16.8 Å². The summed E-state index contributed by atoms with van der Waals surface area (Å²) >= 11 is 0.773. The van der Waals surface area contributed by atoms with Gasteiger partial charge in [0.15, 0.2) is 10.8 Å². The molecule has 0 unspecified atom stereocenters. The number of halogens is 3. The lowest BCUT2D eigenvalue weighted by Gasteiger charge is -2.02. The van der Waals surface area contributed by atoms with Gasteiger partial charge in [0.1, 0.15) is 0 Å². The van der Waals surface area contributed by atoms with Crippen molar-refractivity contribution in [2.24, 2.45) is 0 Å². The molecule has 0 spiro atoms. The highest BCUT2D eigenvalue weighted by molar-refractivity contribution is 7.13. The molecule has 100 valence electrons. The van der Waals surface area contributed by atoms with Crippen molar-refractivity contribution in [1.82, 2.24) is 4.98 Å². The standard InChI is InChI=1S/C10H6F3N3O2S/c11-10(12,13)8-5-19-9(15-8)14-6-2-1-3-7(4-6)16(17)18/h1-5H,(H,14,15). The average molecular weight is 289 g/mol. The molecule has 1 heterocycles. The fourth-order valence-electron chi connectivity index (χ4n) is 1.28. The van der Waals surface area contributed by atoms with E-state index in [9.17, 15) is 23.3 Å². The van der Waals surface area contributed by atoms with Gasteiger partial charge in [-0.15, -0.1) is 11.3 Å². The molecule has 0 radical (unpaired) electrons. The van der Waals surface area contributed by atoms with Crippen LogP contribution in [-0.2, 0) is 6.18 Å². The van der Waals surface area contributed by atoms with Crippen LogP contribution in [0.5, 0.6) is 0 Å². The second kappa shape index (κ2) is 4.84. The van der Waals surface area contributed by atoms with Crippen molar-refractivity contribution in [2.75, 3.05) is 5.32 Å². The van der Waals surface area contributed by atoms with Crippen molar-refractivity contribution >= 4 is 27.8 Å². The van der Waals surface area contributed by atoms with Crippen LogP contribution in [-0.4, -0.2) is 9.91 Å². The van der Waals surface area contributed by atoms with Gasteiger partial charge >= 0.3 is 6.18 Å². The number of thiazole rings is 1. The molecule has 2 rings (SSSR count). The minimum Gasteiger partial charge on any atom is -0.331 e. The molecule has 0 saturated heterocycles. The summed E-state index contributed by atoms with van der Waals surface area (Å²) in [5.41, 5.74) is -0.847. The number of nitrogens with zero attached hydrogens (tertiary/aromatic N) is 2. The van der Waals surface area contributed by atoms with Gasteiger partial charge in [0, 0.05) is 23.2 Å². The van der Waals surface area contributed by atoms with Gasteiger partial charge in [-0.3, -0.25) is 10.1 Å². The number of hydrogen-bond donors (Lipinski definition) is 1. The van der Waals surface area contributed by atoms with Crippen LogP contribution in [0.3, 0.4) is 0 Å². The number of non-ortho nitro benzene ring substituents is 1. The number of alkyl halides is 3. The second-order valence-electron chi connectivity index (χ2n) is 3.47. The quantitative estimate of drug-likeness (QED) is 0.689. The van der Waals surface area contributed by atoms with E-state index in [4.69, 9.17) is 0 Å². The van der Waals surface area contributed by atoms with Crippen LogP contribution in [0.4, 0.5) is 29.7 Å². The highest BCUT2D eigenvalue weighted by Gasteiger charge is 2.33. The Balaban J connectivity index is 2.19. The zero-order chi connectivity index (χ0) is 14.0. The first-order valence-corrected chi connectivity index (χ1v) is 5.78. The summed E-state index contributed by atoms with van der Waals surface area (Å²) in [6, 6.07) is 5.43. The first-order valence-electron chi connectivity index (χ1n) is 4.90. The van der Waals surface area contributed by atoms with Crippen molar-refractivity contribution in [3.63, 3.8) is 0 Å². The van der Waals surface area contributed by atoms with Crippen molar-refractivity contribution in [3.8, 4) is 0 Å². The number of nitro groups is 1. The minimum atomic E-state index is -4.50. The molecule has 0 aliphatic heterocycles. The van der Waals surface area contributed by atoms with Crippen LogP contribution in [0.2, 0.25) is 0 Å². The maximum Gasteiger partial charge on any atom is 0.434 e. The van der Waals surface area contributed by atoms with Gasteiger partial charge in [0.05, 0.1) is 4.92 Å². The molecule has 1 aromatic heterocycles. The lowest BCUT2D eigenvalue weighted by molar-refractivity contribution is -0.384. The van der Waals surface area contributed by atoms with E-state index in [0.29, 0.717) is 5.69 Å². The van der Waals surface area contributed by atoms with Crippen molar-refractivity contribution in [1.29, 1.82) is 0 Å². The Labute approximate surface area is 108 Å². The zero-order valence-corrected chi connectivity index (χ0v) is 9.96. The van der Waals surface area contributed by atoms with Gasteiger partial charge in [-0.1, -0.05) is 6.07 Å². The minimum absolute atomic E-state index is 0.0211. The third-order valence-corrected chi connectivity index (χ3v) is 2.86. The van der Waals surface area contributed by atoms with Gasteiger partial charge in [0.2, 0.25) is 0 Å². The molecular weight excluding hydrogens is 283 g/mol. The summed E-state index contributed by atoms with van der Waals surface area (Å²) in [5, 5.41) is 14.0. The third kappa shape index (κ3) is 3.19. The second-order valence-corrected chi connectivity index (χ2v) is 4.33. The molecule has 5 nitrogen and oxygen atoms in total. The first kappa shape index (κ1) is 13.3. The molecular formula is C10H6F3N3O2S. The van der Waals surface area contributed by atoms with E-state index in [2.05, 4.69) is 10.3 Å². The van der Waals surface area contributed by atoms with Crippen molar-refractivity contribution in [2.45, 2.75) is 6.18 Å². The predicted octanol–water partition coefficient (Wildman–Crippen LogP) is 3.81. The maximum atomic E-state index is 12.3. The van der Waals surface area contributed by atoms with Gasteiger partial charge in [0.25, 0.3) is 5.69 Å². The highest BCUT2D eigenvalue weighted by Crippen LogP contribution is 2.32. The van der Waals surface area contributed by atoms with Gasteiger partial charge in [-0.2, -0.15) is 13.2 Å². The maximum absolute atomic E-state index is 12.3. The zero-order valence-electron chi connectivity index (χ0n) is 9.14. The van der Waals surface area contributed by atoms with Crippen LogP contribution in [0.1, 0.15) is 5.69 Å². The summed E-state index contributed by atoms with van der Waals surface area (Å²) < 4.78 is 37.0. The van der Waals surface area contributed by atoms with E-state index in [1.54, 1.807) is 0 Å². The predicted molar refractivity (Wildman–Crippen MR) is 63.5 cm³/mol. The summed E-state index contributed by atoms with van der Waals surface area (Å²) in [6.07, 6.45) is -4.50. The van der Waals surface area contributed by atoms with E-state index in [1.807, 2.05) is 0 Å².